The minimum Gasteiger partial charge on any atom is -0.393 e. The summed E-state index contributed by atoms with van der Waals surface area (Å²) in [7, 11) is 0. The Morgan fingerprint density at radius 2 is 2.20 bits per heavy atom. The lowest BCUT2D eigenvalue weighted by molar-refractivity contribution is -0.122. The zero-order chi connectivity index (χ0) is 11.7. The van der Waals surface area contributed by atoms with E-state index in [9.17, 15) is 4.79 Å². The van der Waals surface area contributed by atoms with E-state index < -0.39 is 0 Å². The van der Waals surface area contributed by atoms with Gasteiger partial charge in [0.05, 0.1) is 11.6 Å². The number of nitrogens with two attached hydrogens (primary N) is 1. The number of hydrogen-bond acceptors (Lipinski definition) is 3. The minimum atomic E-state index is -0.0187. The first kappa shape index (κ1) is 14.3. The van der Waals surface area contributed by atoms with Crippen LogP contribution in [0.5, 0.6) is 0 Å². The molecule has 1 unspecified atom stereocenters. The molecule has 0 radical (unpaired) electrons. The summed E-state index contributed by atoms with van der Waals surface area (Å²) in [5.74, 6) is -0.0187. The number of carbonyl (C=O) groups is 1. The quantitative estimate of drug-likeness (QED) is 0.484. The van der Waals surface area contributed by atoms with Crippen molar-refractivity contribution in [3.8, 4) is 0 Å². The van der Waals surface area contributed by atoms with Crippen molar-refractivity contribution >= 4 is 23.1 Å². The molecule has 1 amide bonds. The molecular formula is C10H20N2O2S. The highest BCUT2D eigenvalue weighted by molar-refractivity contribution is 7.80. The molecule has 0 saturated carbocycles. The molecule has 88 valence electrons. The molecule has 0 aliphatic carbocycles. The van der Waals surface area contributed by atoms with Crippen LogP contribution in [0.3, 0.4) is 0 Å². The normalized spacial score (nSPS) is 12.1. The molecule has 0 aromatic carbocycles. The predicted molar refractivity (Wildman–Crippen MR) is 64.7 cm³/mol. The van der Waals surface area contributed by atoms with Crippen molar-refractivity contribution in [2.75, 3.05) is 13.2 Å². The molecule has 0 bridgehead atoms. The number of thiocarbonyl (C=S) groups is 1. The summed E-state index contributed by atoms with van der Waals surface area (Å²) in [6, 6.07) is 0.00109. The first-order valence-electron chi connectivity index (χ1n) is 5.21. The summed E-state index contributed by atoms with van der Waals surface area (Å²) < 4.78 is 5.20. The first-order valence-corrected chi connectivity index (χ1v) is 5.62. The molecular weight excluding hydrogens is 212 g/mol. The standard InChI is InChI=1S/C10H20N2O2S/c1-3-5-14-6-4-10(13)12-8(2)7-9(11)15/h8H,3-7H2,1-2H3,(H2,11,15)(H,12,13). The Labute approximate surface area is 96.5 Å². The van der Waals surface area contributed by atoms with Crippen LogP contribution in [-0.2, 0) is 9.53 Å². The van der Waals surface area contributed by atoms with Crippen LogP contribution in [0.2, 0.25) is 0 Å². The van der Waals surface area contributed by atoms with E-state index in [1.165, 1.54) is 0 Å². The molecule has 0 rings (SSSR count). The van der Waals surface area contributed by atoms with Crippen molar-refractivity contribution in [2.24, 2.45) is 5.73 Å². The molecule has 0 spiro atoms. The fraction of sp³-hybridized carbons (Fsp3) is 0.800. The van der Waals surface area contributed by atoms with Gasteiger partial charge >= 0.3 is 0 Å². The highest BCUT2D eigenvalue weighted by Crippen LogP contribution is 1.92. The fourth-order valence-corrected chi connectivity index (χ4v) is 1.36. The highest BCUT2D eigenvalue weighted by atomic mass is 32.1. The summed E-state index contributed by atoms with van der Waals surface area (Å²) in [5.41, 5.74) is 5.36. The van der Waals surface area contributed by atoms with Crippen LogP contribution in [-0.4, -0.2) is 30.2 Å². The van der Waals surface area contributed by atoms with Gasteiger partial charge in [0.1, 0.15) is 0 Å². The zero-order valence-corrected chi connectivity index (χ0v) is 10.2. The van der Waals surface area contributed by atoms with Gasteiger partial charge in [-0.25, -0.2) is 0 Å². The average Bonchev–Trinajstić information content (AvgIpc) is 2.10. The van der Waals surface area contributed by atoms with Crippen LogP contribution >= 0.6 is 12.2 Å². The van der Waals surface area contributed by atoms with E-state index in [-0.39, 0.29) is 11.9 Å². The summed E-state index contributed by atoms with van der Waals surface area (Å²) in [6.45, 7) is 5.09. The summed E-state index contributed by atoms with van der Waals surface area (Å²) in [6.07, 6.45) is 1.90. The van der Waals surface area contributed by atoms with Crippen molar-refractivity contribution < 1.29 is 9.53 Å². The molecule has 0 aliphatic rings. The summed E-state index contributed by atoms with van der Waals surface area (Å²) in [5, 5.41) is 2.80. The molecule has 0 aromatic rings. The van der Waals surface area contributed by atoms with Crippen LogP contribution in [0, 0.1) is 0 Å². The Morgan fingerprint density at radius 1 is 1.53 bits per heavy atom. The molecule has 1 atom stereocenters. The lowest BCUT2D eigenvalue weighted by atomic mass is 10.2. The van der Waals surface area contributed by atoms with E-state index in [0.29, 0.717) is 31.0 Å². The number of rotatable bonds is 8. The van der Waals surface area contributed by atoms with E-state index in [0.717, 1.165) is 6.42 Å². The van der Waals surface area contributed by atoms with Crippen molar-refractivity contribution in [2.45, 2.75) is 39.2 Å². The lowest BCUT2D eigenvalue weighted by Gasteiger charge is -2.12. The van der Waals surface area contributed by atoms with Gasteiger partial charge in [0.15, 0.2) is 0 Å². The van der Waals surface area contributed by atoms with Gasteiger partial charge in [-0.1, -0.05) is 19.1 Å². The third-order valence-electron chi connectivity index (χ3n) is 1.74. The monoisotopic (exact) mass is 232 g/mol. The van der Waals surface area contributed by atoms with Crippen LogP contribution in [0.15, 0.2) is 0 Å². The second-order valence-electron chi connectivity index (χ2n) is 3.50. The average molecular weight is 232 g/mol. The SMILES string of the molecule is CCCOCCC(=O)NC(C)CC(N)=S. The molecule has 3 N–H and O–H groups in total. The maximum Gasteiger partial charge on any atom is 0.222 e. The fourth-order valence-electron chi connectivity index (χ4n) is 1.11. The predicted octanol–water partition coefficient (Wildman–Crippen LogP) is 0.984. The molecule has 0 aliphatic heterocycles. The molecule has 0 aromatic heterocycles. The Kier molecular flexibility index (Phi) is 8.22. The van der Waals surface area contributed by atoms with Crippen LogP contribution in [0.1, 0.15) is 33.1 Å². The molecule has 0 heterocycles. The molecule has 4 nitrogen and oxygen atoms in total. The molecule has 0 saturated heterocycles. The Morgan fingerprint density at radius 3 is 2.73 bits per heavy atom. The minimum absolute atomic E-state index is 0.00109. The maximum absolute atomic E-state index is 11.3. The van der Waals surface area contributed by atoms with Crippen LogP contribution < -0.4 is 11.1 Å². The van der Waals surface area contributed by atoms with Crippen molar-refractivity contribution in [1.82, 2.24) is 5.32 Å². The molecule has 0 fully saturated rings. The van der Waals surface area contributed by atoms with Gasteiger partial charge in [-0.15, -0.1) is 0 Å². The lowest BCUT2D eigenvalue weighted by Crippen LogP contribution is -2.35. The van der Waals surface area contributed by atoms with E-state index in [4.69, 9.17) is 22.7 Å². The van der Waals surface area contributed by atoms with Crippen LogP contribution in [0.25, 0.3) is 0 Å². The third-order valence-corrected chi connectivity index (χ3v) is 1.90. The zero-order valence-electron chi connectivity index (χ0n) is 9.41. The van der Waals surface area contributed by atoms with E-state index in [1.54, 1.807) is 0 Å². The van der Waals surface area contributed by atoms with Gasteiger partial charge in [-0.3, -0.25) is 4.79 Å². The van der Waals surface area contributed by atoms with Gasteiger partial charge in [0.2, 0.25) is 5.91 Å². The second kappa shape index (κ2) is 8.61. The Hall–Kier alpha value is -0.680. The maximum atomic E-state index is 11.3. The van der Waals surface area contributed by atoms with Crippen LogP contribution in [0.4, 0.5) is 0 Å². The van der Waals surface area contributed by atoms with E-state index in [1.807, 2.05) is 13.8 Å². The second-order valence-corrected chi connectivity index (χ2v) is 4.03. The van der Waals surface area contributed by atoms with Gasteiger partial charge < -0.3 is 15.8 Å². The third kappa shape index (κ3) is 9.62. The van der Waals surface area contributed by atoms with E-state index >= 15 is 0 Å². The number of carbonyl (C=O) groups excluding carboxylic acids is 1. The summed E-state index contributed by atoms with van der Waals surface area (Å²) in [4.78, 5) is 11.7. The van der Waals surface area contributed by atoms with Gasteiger partial charge in [-0.05, 0) is 13.3 Å². The van der Waals surface area contributed by atoms with Gasteiger partial charge in [0.25, 0.3) is 0 Å². The number of nitrogens with one attached hydrogen (secondary N) is 1. The van der Waals surface area contributed by atoms with Gasteiger partial charge in [0, 0.05) is 25.5 Å². The number of amides is 1. The van der Waals surface area contributed by atoms with Crippen molar-refractivity contribution in [3.05, 3.63) is 0 Å². The summed E-state index contributed by atoms with van der Waals surface area (Å²) >= 11 is 4.75. The van der Waals surface area contributed by atoms with Crippen molar-refractivity contribution in [3.63, 3.8) is 0 Å². The highest BCUT2D eigenvalue weighted by Gasteiger charge is 2.07. The Bertz CT molecular complexity index is 210. The smallest absolute Gasteiger partial charge is 0.222 e. The first-order chi connectivity index (χ1) is 7.06. The molecule has 15 heavy (non-hydrogen) atoms. The molecule has 5 heteroatoms. The number of hydrogen-bond donors (Lipinski definition) is 2. The largest absolute Gasteiger partial charge is 0.393 e. The number of ether oxygens (including phenoxy) is 1. The van der Waals surface area contributed by atoms with E-state index in [2.05, 4.69) is 5.32 Å². The Balaban J connectivity index is 3.51. The topological polar surface area (TPSA) is 64.3 Å². The van der Waals surface area contributed by atoms with Gasteiger partial charge in [-0.2, -0.15) is 0 Å². The van der Waals surface area contributed by atoms with Crippen molar-refractivity contribution in [1.29, 1.82) is 0 Å².